The maximum absolute atomic E-state index is 12.3. The number of anilines is 1. The van der Waals surface area contributed by atoms with Crippen LogP contribution in [0.5, 0.6) is 0 Å². The Morgan fingerprint density at radius 3 is 2.63 bits per heavy atom. The Hall–Kier alpha value is -2.70. The molecule has 9 heteroatoms. The number of nitrogens with zero attached hydrogens (tertiary/aromatic N) is 3. The van der Waals surface area contributed by atoms with E-state index in [1.165, 1.54) is 0 Å². The Balaban J connectivity index is 1.62. The molecule has 3 rings (SSSR count). The summed E-state index contributed by atoms with van der Waals surface area (Å²) >= 11 is 2.26. The monoisotopic (exact) mass is 400 g/mol. The SMILES string of the molecule is Cc1cc(SC#N)cc(C)c1NC(=O)CSc1nnc(-c2ccoc2C)o1. The molecule has 0 spiro atoms. The second kappa shape index (κ2) is 8.33. The molecule has 2 aromatic heterocycles. The minimum absolute atomic E-state index is 0.138. The number of carbonyl (C=O) groups is 1. The Labute approximate surface area is 164 Å². The van der Waals surface area contributed by atoms with Crippen LogP contribution < -0.4 is 5.32 Å². The molecule has 0 fully saturated rings. The second-order valence-corrected chi connectivity index (χ2v) is 7.51. The van der Waals surface area contributed by atoms with Crippen LogP contribution in [0.25, 0.3) is 11.5 Å². The number of aromatic nitrogens is 2. The van der Waals surface area contributed by atoms with E-state index >= 15 is 0 Å². The number of hydrogen-bond donors (Lipinski definition) is 1. The van der Waals surface area contributed by atoms with Gasteiger partial charge in [-0.25, -0.2) is 0 Å². The van der Waals surface area contributed by atoms with Crippen LogP contribution in [-0.4, -0.2) is 21.9 Å². The zero-order chi connectivity index (χ0) is 19.4. The Morgan fingerprint density at radius 1 is 1.26 bits per heavy atom. The number of amides is 1. The van der Waals surface area contributed by atoms with Gasteiger partial charge in [0.1, 0.15) is 11.2 Å². The molecule has 0 radical (unpaired) electrons. The number of aryl methyl sites for hydroxylation is 3. The predicted molar refractivity (Wildman–Crippen MR) is 103 cm³/mol. The van der Waals surface area contributed by atoms with E-state index in [1.54, 1.807) is 12.3 Å². The van der Waals surface area contributed by atoms with Crippen LogP contribution in [0.1, 0.15) is 16.9 Å². The van der Waals surface area contributed by atoms with Crippen LogP contribution in [0.15, 0.2) is 43.4 Å². The van der Waals surface area contributed by atoms with Crippen molar-refractivity contribution in [2.24, 2.45) is 0 Å². The van der Waals surface area contributed by atoms with Crippen LogP contribution in [0.3, 0.4) is 0 Å². The molecule has 2 heterocycles. The average Bonchev–Trinajstić information content (AvgIpc) is 3.25. The van der Waals surface area contributed by atoms with E-state index in [-0.39, 0.29) is 11.7 Å². The van der Waals surface area contributed by atoms with Crippen molar-refractivity contribution in [1.29, 1.82) is 5.26 Å². The van der Waals surface area contributed by atoms with E-state index in [0.717, 1.165) is 50.8 Å². The first kappa shape index (κ1) is 19.1. The van der Waals surface area contributed by atoms with Gasteiger partial charge in [0, 0.05) is 10.6 Å². The van der Waals surface area contributed by atoms with Gasteiger partial charge >= 0.3 is 0 Å². The lowest BCUT2D eigenvalue weighted by Gasteiger charge is -2.12. The molecule has 1 amide bonds. The maximum Gasteiger partial charge on any atom is 0.277 e. The number of rotatable bonds is 6. The lowest BCUT2D eigenvalue weighted by atomic mass is 10.1. The summed E-state index contributed by atoms with van der Waals surface area (Å²) in [5.74, 6) is 1.02. The number of carbonyl (C=O) groups excluding carboxylic acids is 1. The minimum Gasteiger partial charge on any atom is -0.469 e. The summed E-state index contributed by atoms with van der Waals surface area (Å²) in [7, 11) is 0. The van der Waals surface area contributed by atoms with Crippen LogP contribution >= 0.6 is 23.5 Å². The van der Waals surface area contributed by atoms with Gasteiger partial charge in [-0.3, -0.25) is 4.79 Å². The van der Waals surface area contributed by atoms with E-state index in [0.29, 0.717) is 16.9 Å². The molecular weight excluding hydrogens is 384 g/mol. The molecule has 0 aliphatic rings. The van der Waals surface area contributed by atoms with Crippen molar-refractivity contribution >= 4 is 35.1 Å². The van der Waals surface area contributed by atoms with Crippen LogP contribution in [0, 0.1) is 31.4 Å². The van der Waals surface area contributed by atoms with E-state index < -0.39 is 0 Å². The molecule has 0 aliphatic heterocycles. The first-order valence-corrected chi connectivity index (χ1v) is 9.76. The van der Waals surface area contributed by atoms with Crippen molar-refractivity contribution in [3.63, 3.8) is 0 Å². The zero-order valence-corrected chi connectivity index (χ0v) is 16.5. The summed E-state index contributed by atoms with van der Waals surface area (Å²) in [5.41, 5.74) is 3.30. The third kappa shape index (κ3) is 4.53. The molecule has 1 N–H and O–H groups in total. The number of nitrogens with one attached hydrogen (secondary N) is 1. The highest BCUT2D eigenvalue weighted by Crippen LogP contribution is 2.29. The van der Waals surface area contributed by atoms with Crippen LogP contribution in [0.2, 0.25) is 0 Å². The van der Waals surface area contributed by atoms with Gasteiger partial charge < -0.3 is 14.2 Å². The van der Waals surface area contributed by atoms with Gasteiger partial charge in [-0.1, -0.05) is 11.8 Å². The molecule has 138 valence electrons. The summed E-state index contributed by atoms with van der Waals surface area (Å²) in [4.78, 5) is 13.2. The summed E-state index contributed by atoms with van der Waals surface area (Å²) in [6.07, 6.45) is 1.56. The second-order valence-electron chi connectivity index (χ2n) is 5.73. The van der Waals surface area contributed by atoms with E-state index in [4.69, 9.17) is 14.1 Å². The van der Waals surface area contributed by atoms with Crippen LogP contribution in [0.4, 0.5) is 5.69 Å². The molecule has 0 bridgehead atoms. The number of benzene rings is 1. The van der Waals surface area contributed by atoms with Crippen molar-refractivity contribution < 1.29 is 13.6 Å². The van der Waals surface area contributed by atoms with Crippen molar-refractivity contribution in [2.45, 2.75) is 30.9 Å². The first-order chi connectivity index (χ1) is 13.0. The minimum atomic E-state index is -0.175. The summed E-state index contributed by atoms with van der Waals surface area (Å²) in [6.45, 7) is 5.61. The quantitative estimate of drug-likeness (QED) is 0.474. The highest BCUT2D eigenvalue weighted by atomic mass is 32.2. The van der Waals surface area contributed by atoms with E-state index in [9.17, 15) is 4.79 Å². The fraction of sp³-hybridized carbons (Fsp3) is 0.222. The van der Waals surface area contributed by atoms with E-state index in [2.05, 4.69) is 15.5 Å². The number of thioether (sulfide) groups is 2. The molecule has 0 atom stereocenters. The number of thiocyanates is 1. The van der Waals surface area contributed by atoms with Gasteiger partial charge in [0.2, 0.25) is 5.91 Å². The lowest BCUT2D eigenvalue weighted by molar-refractivity contribution is -0.113. The van der Waals surface area contributed by atoms with Gasteiger partial charge in [-0.15, -0.1) is 10.2 Å². The molecule has 0 saturated heterocycles. The van der Waals surface area contributed by atoms with Crippen molar-refractivity contribution in [2.75, 3.05) is 11.1 Å². The maximum atomic E-state index is 12.3. The average molecular weight is 400 g/mol. The van der Waals surface area contributed by atoms with Crippen LogP contribution in [-0.2, 0) is 4.79 Å². The number of nitriles is 1. The zero-order valence-electron chi connectivity index (χ0n) is 14.9. The largest absolute Gasteiger partial charge is 0.469 e. The molecule has 0 aliphatic carbocycles. The fourth-order valence-electron chi connectivity index (χ4n) is 2.52. The molecule has 1 aromatic carbocycles. The Morgan fingerprint density at radius 2 is 2.00 bits per heavy atom. The standard InChI is InChI=1S/C18H16N4O3S2/c1-10-6-13(27-9-19)7-11(2)16(10)20-15(23)8-26-18-22-21-17(25-18)14-4-5-24-12(14)3/h4-7H,8H2,1-3H3,(H,20,23). The van der Waals surface area contributed by atoms with Crippen molar-refractivity contribution in [3.8, 4) is 16.9 Å². The van der Waals surface area contributed by atoms with Crippen molar-refractivity contribution in [1.82, 2.24) is 10.2 Å². The lowest BCUT2D eigenvalue weighted by Crippen LogP contribution is -2.15. The normalized spacial score (nSPS) is 10.6. The molecule has 27 heavy (non-hydrogen) atoms. The third-order valence-corrected chi connectivity index (χ3v) is 5.14. The molecule has 7 nitrogen and oxygen atoms in total. The number of hydrogen-bond acceptors (Lipinski definition) is 8. The predicted octanol–water partition coefficient (Wildman–Crippen LogP) is 4.56. The molecule has 3 aromatic rings. The summed E-state index contributed by atoms with van der Waals surface area (Å²) in [5, 5.41) is 22.0. The summed E-state index contributed by atoms with van der Waals surface area (Å²) < 4.78 is 10.8. The highest BCUT2D eigenvalue weighted by Gasteiger charge is 2.15. The topological polar surface area (TPSA) is 105 Å². The van der Waals surface area contributed by atoms with Gasteiger partial charge in [0.15, 0.2) is 0 Å². The molecule has 0 unspecified atom stereocenters. The van der Waals surface area contributed by atoms with Gasteiger partial charge in [0.25, 0.3) is 11.1 Å². The fourth-order valence-corrected chi connectivity index (χ4v) is 3.66. The Kier molecular flexibility index (Phi) is 5.88. The van der Waals surface area contributed by atoms with Gasteiger partial charge in [0.05, 0.1) is 17.6 Å². The van der Waals surface area contributed by atoms with Gasteiger partial charge in [-0.05, 0) is 61.9 Å². The van der Waals surface area contributed by atoms with Crippen molar-refractivity contribution in [3.05, 3.63) is 41.3 Å². The van der Waals surface area contributed by atoms with Gasteiger partial charge in [-0.2, -0.15) is 5.26 Å². The molecule has 0 saturated carbocycles. The summed E-state index contributed by atoms with van der Waals surface area (Å²) in [6, 6.07) is 5.51. The smallest absolute Gasteiger partial charge is 0.277 e. The Bertz CT molecular complexity index is 997. The highest BCUT2D eigenvalue weighted by molar-refractivity contribution is 8.03. The molecular formula is C18H16N4O3S2. The first-order valence-electron chi connectivity index (χ1n) is 7.95. The number of furan rings is 1. The van der Waals surface area contributed by atoms with E-state index in [1.807, 2.05) is 38.3 Å². The third-order valence-electron chi connectivity index (χ3n) is 3.76.